The second kappa shape index (κ2) is 6.69. The summed E-state index contributed by atoms with van der Waals surface area (Å²) in [7, 11) is 0. The standard InChI is InChI=1S/C16H20BrNS/c1-4-18-15(16-14(17)9-12(3)19-16)10-13-7-5-11(2)6-8-13/h5-9,15,18H,4,10H2,1-3H3. The van der Waals surface area contributed by atoms with Crippen LogP contribution in [0.2, 0.25) is 0 Å². The first-order valence-corrected chi connectivity index (χ1v) is 8.26. The number of nitrogens with one attached hydrogen (secondary N) is 1. The van der Waals surface area contributed by atoms with E-state index in [1.807, 2.05) is 11.3 Å². The number of hydrogen-bond acceptors (Lipinski definition) is 2. The van der Waals surface area contributed by atoms with Crippen molar-refractivity contribution in [2.45, 2.75) is 33.2 Å². The zero-order valence-electron chi connectivity index (χ0n) is 11.7. The smallest absolute Gasteiger partial charge is 0.0467 e. The molecule has 0 spiro atoms. The van der Waals surface area contributed by atoms with Gasteiger partial charge in [0.05, 0.1) is 0 Å². The van der Waals surface area contributed by atoms with Crippen molar-refractivity contribution in [1.82, 2.24) is 5.32 Å². The van der Waals surface area contributed by atoms with Crippen LogP contribution in [-0.2, 0) is 6.42 Å². The first-order valence-electron chi connectivity index (χ1n) is 6.65. The van der Waals surface area contributed by atoms with Crippen molar-refractivity contribution in [1.29, 1.82) is 0 Å². The fourth-order valence-electron chi connectivity index (χ4n) is 2.20. The van der Waals surface area contributed by atoms with E-state index in [2.05, 4.69) is 72.3 Å². The fraction of sp³-hybridized carbons (Fsp3) is 0.375. The molecule has 2 aromatic rings. The minimum Gasteiger partial charge on any atom is -0.309 e. The maximum absolute atomic E-state index is 3.68. The quantitative estimate of drug-likeness (QED) is 0.807. The van der Waals surface area contributed by atoms with Gasteiger partial charge in [0.2, 0.25) is 0 Å². The average molecular weight is 338 g/mol. The van der Waals surface area contributed by atoms with Gasteiger partial charge in [0.25, 0.3) is 0 Å². The Morgan fingerprint density at radius 1 is 1.21 bits per heavy atom. The number of rotatable bonds is 5. The molecule has 0 saturated carbocycles. The molecule has 0 amide bonds. The number of aryl methyl sites for hydroxylation is 2. The molecule has 1 aromatic carbocycles. The van der Waals surface area contributed by atoms with Gasteiger partial charge in [-0.1, -0.05) is 36.8 Å². The number of halogens is 1. The lowest BCUT2D eigenvalue weighted by molar-refractivity contribution is 0.556. The first-order chi connectivity index (χ1) is 9.10. The Labute approximate surface area is 128 Å². The van der Waals surface area contributed by atoms with Crippen LogP contribution in [0.3, 0.4) is 0 Å². The maximum atomic E-state index is 3.68. The number of thiophene rings is 1. The molecule has 1 N–H and O–H groups in total. The van der Waals surface area contributed by atoms with Crippen molar-refractivity contribution in [3.63, 3.8) is 0 Å². The van der Waals surface area contributed by atoms with Gasteiger partial charge in [-0.3, -0.25) is 0 Å². The van der Waals surface area contributed by atoms with Crippen molar-refractivity contribution in [3.8, 4) is 0 Å². The highest BCUT2D eigenvalue weighted by Gasteiger charge is 2.16. The molecule has 19 heavy (non-hydrogen) atoms. The molecule has 0 aliphatic heterocycles. The molecule has 0 bridgehead atoms. The van der Waals surface area contributed by atoms with E-state index < -0.39 is 0 Å². The highest BCUT2D eigenvalue weighted by molar-refractivity contribution is 9.10. The van der Waals surface area contributed by atoms with Crippen LogP contribution in [0.4, 0.5) is 0 Å². The summed E-state index contributed by atoms with van der Waals surface area (Å²) >= 11 is 5.56. The zero-order chi connectivity index (χ0) is 13.8. The predicted molar refractivity (Wildman–Crippen MR) is 88.1 cm³/mol. The van der Waals surface area contributed by atoms with Crippen LogP contribution in [0.25, 0.3) is 0 Å². The van der Waals surface area contributed by atoms with E-state index in [4.69, 9.17) is 0 Å². The van der Waals surface area contributed by atoms with E-state index in [1.54, 1.807) is 0 Å². The molecule has 0 radical (unpaired) electrons. The highest BCUT2D eigenvalue weighted by atomic mass is 79.9. The molecule has 0 aliphatic carbocycles. The molecular weight excluding hydrogens is 318 g/mol. The van der Waals surface area contributed by atoms with Crippen molar-refractivity contribution < 1.29 is 0 Å². The molecule has 0 fully saturated rings. The average Bonchev–Trinajstić information content (AvgIpc) is 2.71. The number of benzene rings is 1. The van der Waals surface area contributed by atoms with E-state index in [-0.39, 0.29) is 0 Å². The lowest BCUT2D eigenvalue weighted by atomic mass is 10.0. The molecule has 1 unspecified atom stereocenters. The minimum absolute atomic E-state index is 0.390. The topological polar surface area (TPSA) is 12.0 Å². The van der Waals surface area contributed by atoms with Crippen LogP contribution in [0.15, 0.2) is 34.8 Å². The molecule has 3 heteroatoms. The largest absolute Gasteiger partial charge is 0.309 e. The van der Waals surface area contributed by atoms with E-state index in [0.717, 1.165) is 13.0 Å². The Morgan fingerprint density at radius 2 is 1.89 bits per heavy atom. The highest BCUT2D eigenvalue weighted by Crippen LogP contribution is 2.33. The van der Waals surface area contributed by atoms with Crippen molar-refractivity contribution in [2.24, 2.45) is 0 Å². The van der Waals surface area contributed by atoms with E-state index in [1.165, 1.54) is 25.4 Å². The molecular formula is C16H20BrNS. The van der Waals surface area contributed by atoms with E-state index in [0.29, 0.717) is 6.04 Å². The van der Waals surface area contributed by atoms with Gasteiger partial charge in [-0.15, -0.1) is 11.3 Å². The Morgan fingerprint density at radius 3 is 2.42 bits per heavy atom. The zero-order valence-corrected chi connectivity index (χ0v) is 14.1. The summed E-state index contributed by atoms with van der Waals surface area (Å²) in [6, 6.07) is 11.4. The van der Waals surface area contributed by atoms with Crippen molar-refractivity contribution in [3.05, 3.63) is 55.7 Å². The van der Waals surface area contributed by atoms with Crippen LogP contribution >= 0.6 is 27.3 Å². The fourth-order valence-corrected chi connectivity index (χ4v) is 4.21. The monoisotopic (exact) mass is 337 g/mol. The summed E-state index contributed by atoms with van der Waals surface area (Å²) in [5, 5.41) is 3.60. The maximum Gasteiger partial charge on any atom is 0.0467 e. The van der Waals surface area contributed by atoms with Crippen LogP contribution in [0, 0.1) is 13.8 Å². The van der Waals surface area contributed by atoms with Gasteiger partial charge >= 0.3 is 0 Å². The Hall–Kier alpha value is -0.640. The Bertz CT molecular complexity index is 530. The molecule has 0 saturated heterocycles. The molecule has 1 heterocycles. The van der Waals surface area contributed by atoms with Gasteiger partial charge in [-0.25, -0.2) is 0 Å². The molecule has 2 rings (SSSR count). The summed E-state index contributed by atoms with van der Waals surface area (Å²) in [5.74, 6) is 0. The number of likely N-dealkylation sites (N-methyl/N-ethyl adjacent to an activating group) is 1. The Kier molecular flexibility index (Phi) is 5.20. The van der Waals surface area contributed by atoms with Crippen molar-refractivity contribution >= 4 is 27.3 Å². The van der Waals surface area contributed by atoms with Crippen LogP contribution in [-0.4, -0.2) is 6.54 Å². The third-order valence-electron chi connectivity index (χ3n) is 3.16. The summed E-state index contributed by atoms with van der Waals surface area (Å²) in [6.07, 6.45) is 1.03. The normalized spacial score (nSPS) is 12.6. The number of hydrogen-bond donors (Lipinski definition) is 1. The SMILES string of the molecule is CCNC(Cc1ccc(C)cc1)c1sc(C)cc1Br. The van der Waals surface area contributed by atoms with Gasteiger partial charge in [0, 0.05) is 20.3 Å². The van der Waals surface area contributed by atoms with Crippen LogP contribution in [0.1, 0.15) is 33.8 Å². The summed E-state index contributed by atoms with van der Waals surface area (Å²) < 4.78 is 1.23. The molecule has 1 atom stereocenters. The predicted octanol–water partition coefficient (Wildman–Crippen LogP) is 5.02. The van der Waals surface area contributed by atoms with Gasteiger partial charge < -0.3 is 5.32 Å². The van der Waals surface area contributed by atoms with Crippen LogP contribution < -0.4 is 5.32 Å². The third-order valence-corrected chi connectivity index (χ3v) is 5.25. The van der Waals surface area contributed by atoms with Crippen molar-refractivity contribution in [2.75, 3.05) is 6.54 Å². The van der Waals surface area contributed by atoms with E-state index >= 15 is 0 Å². The first kappa shape index (κ1) is 14.8. The second-order valence-corrected chi connectivity index (χ2v) is 7.01. The molecule has 0 aliphatic rings. The van der Waals surface area contributed by atoms with Crippen LogP contribution in [0.5, 0.6) is 0 Å². The minimum atomic E-state index is 0.390. The summed E-state index contributed by atoms with van der Waals surface area (Å²) in [4.78, 5) is 2.76. The van der Waals surface area contributed by atoms with E-state index in [9.17, 15) is 0 Å². The third kappa shape index (κ3) is 3.91. The second-order valence-electron chi connectivity index (χ2n) is 4.87. The molecule has 1 nitrogen and oxygen atoms in total. The molecule has 1 aromatic heterocycles. The lowest BCUT2D eigenvalue weighted by Crippen LogP contribution is -2.22. The molecule has 102 valence electrons. The van der Waals surface area contributed by atoms with Gasteiger partial charge in [-0.2, -0.15) is 0 Å². The Balaban J connectivity index is 2.20. The van der Waals surface area contributed by atoms with Gasteiger partial charge in [-0.05, 0) is 54.4 Å². The van der Waals surface area contributed by atoms with Gasteiger partial charge in [0.15, 0.2) is 0 Å². The summed E-state index contributed by atoms with van der Waals surface area (Å²) in [6.45, 7) is 7.44. The summed E-state index contributed by atoms with van der Waals surface area (Å²) in [5.41, 5.74) is 2.70. The lowest BCUT2D eigenvalue weighted by Gasteiger charge is -2.17. The van der Waals surface area contributed by atoms with Gasteiger partial charge in [0.1, 0.15) is 0 Å².